The van der Waals surface area contributed by atoms with E-state index in [2.05, 4.69) is 41.0 Å². The van der Waals surface area contributed by atoms with Crippen molar-refractivity contribution in [2.75, 3.05) is 0 Å². The smallest absolute Gasteiger partial charge is 0.404 e. The van der Waals surface area contributed by atoms with Crippen molar-refractivity contribution in [3.8, 4) is 0 Å². The molecule has 0 aliphatic heterocycles. The molecule has 0 bridgehead atoms. The van der Waals surface area contributed by atoms with Gasteiger partial charge in [-0.2, -0.15) is 0 Å². The molecule has 20 heavy (non-hydrogen) atoms. The number of rotatable bonds is 4. The lowest BCUT2D eigenvalue weighted by molar-refractivity contribution is 0.183. The maximum atomic E-state index is 10.6. The van der Waals surface area contributed by atoms with E-state index < -0.39 is 6.09 Å². The Morgan fingerprint density at radius 3 is 2.35 bits per heavy atom. The van der Waals surface area contributed by atoms with E-state index in [1.807, 2.05) is 0 Å². The van der Waals surface area contributed by atoms with Crippen molar-refractivity contribution in [3.05, 3.63) is 35.9 Å². The van der Waals surface area contributed by atoms with E-state index in [0.717, 1.165) is 25.7 Å². The van der Waals surface area contributed by atoms with E-state index in [1.54, 1.807) is 0 Å². The summed E-state index contributed by atoms with van der Waals surface area (Å²) in [6, 6.07) is 12.0. The van der Waals surface area contributed by atoms with E-state index in [9.17, 15) is 4.79 Å². The molecule has 0 unspecified atom stereocenters. The Kier molecular flexibility index (Phi) is 3.92. The maximum Gasteiger partial charge on any atom is 0.404 e. The fraction of sp³-hybridized carbons (Fsp3) is 0.562. The van der Waals surface area contributed by atoms with Gasteiger partial charge < -0.3 is 15.7 Å². The lowest BCUT2D eigenvalue weighted by Gasteiger charge is -2.29. The highest BCUT2D eigenvalue weighted by Crippen LogP contribution is 2.41. The predicted molar refractivity (Wildman–Crippen MR) is 77.9 cm³/mol. The minimum absolute atomic E-state index is 0.148. The van der Waals surface area contributed by atoms with Gasteiger partial charge in [0.05, 0.1) is 0 Å². The molecule has 2 aliphatic carbocycles. The molecule has 1 aromatic rings. The Labute approximate surface area is 119 Å². The standard InChI is InChI=1S/C16H22N2O2/c19-16(20)18-13-8-6-12(7-9-13)17-15-10-14(15)11-4-2-1-3-5-11/h1-5,12-15,17-18H,6-10H2,(H,19,20)/t12-,13+,14-,15+/m1/s1. The minimum Gasteiger partial charge on any atom is -0.465 e. The molecule has 108 valence electrons. The third-order valence-corrected chi connectivity index (χ3v) is 4.52. The van der Waals surface area contributed by atoms with Crippen molar-refractivity contribution in [1.29, 1.82) is 0 Å². The topological polar surface area (TPSA) is 61.4 Å². The monoisotopic (exact) mass is 274 g/mol. The summed E-state index contributed by atoms with van der Waals surface area (Å²) in [6.45, 7) is 0. The van der Waals surface area contributed by atoms with Gasteiger partial charge in [-0.25, -0.2) is 4.79 Å². The molecule has 0 spiro atoms. The molecule has 2 atom stereocenters. The molecular formula is C16H22N2O2. The first-order valence-corrected chi connectivity index (χ1v) is 7.53. The third-order valence-electron chi connectivity index (χ3n) is 4.52. The number of benzene rings is 1. The Balaban J connectivity index is 1.42. The number of amides is 1. The predicted octanol–water partition coefficient (Wildman–Crippen LogP) is 2.71. The van der Waals surface area contributed by atoms with Crippen LogP contribution < -0.4 is 10.6 Å². The summed E-state index contributed by atoms with van der Waals surface area (Å²) >= 11 is 0. The molecule has 0 aromatic heterocycles. The van der Waals surface area contributed by atoms with Crippen LogP contribution in [0.3, 0.4) is 0 Å². The van der Waals surface area contributed by atoms with Gasteiger partial charge in [-0.1, -0.05) is 30.3 Å². The molecule has 2 aliphatic rings. The summed E-state index contributed by atoms with van der Waals surface area (Å²) < 4.78 is 0. The Hall–Kier alpha value is -1.55. The first kappa shape index (κ1) is 13.4. The molecule has 4 nitrogen and oxygen atoms in total. The molecule has 1 aromatic carbocycles. The van der Waals surface area contributed by atoms with Crippen LogP contribution >= 0.6 is 0 Å². The van der Waals surface area contributed by atoms with Crippen LogP contribution in [0.1, 0.15) is 43.6 Å². The van der Waals surface area contributed by atoms with Crippen LogP contribution in [0.5, 0.6) is 0 Å². The normalized spacial score (nSPS) is 32.6. The fourth-order valence-electron chi connectivity index (χ4n) is 3.33. The summed E-state index contributed by atoms with van der Waals surface area (Å²) in [5.41, 5.74) is 1.44. The van der Waals surface area contributed by atoms with Crippen molar-refractivity contribution in [1.82, 2.24) is 10.6 Å². The zero-order valence-electron chi connectivity index (χ0n) is 11.6. The summed E-state index contributed by atoms with van der Waals surface area (Å²) in [5, 5.41) is 15.1. The summed E-state index contributed by atoms with van der Waals surface area (Å²) in [6.07, 6.45) is 4.38. The van der Waals surface area contributed by atoms with Gasteiger partial charge in [0.1, 0.15) is 0 Å². The summed E-state index contributed by atoms with van der Waals surface area (Å²) in [5.74, 6) is 0.672. The number of carbonyl (C=O) groups is 1. The molecule has 2 saturated carbocycles. The van der Waals surface area contributed by atoms with Gasteiger partial charge >= 0.3 is 6.09 Å². The zero-order chi connectivity index (χ0) is 13.9. The van der Waals surface area contributed by atoms with Crippen LogP contribution in [-0.2, 0) is 0 Å². The van der Waals surface area contributed by atoms with Gasteiger partial charge in [-0.05, 0) is 37.7 Å². The van der Waals surface area contributed by atoms with Gasteiger partial charge in [-0.3, -0.25) is 0 Å². The lowest BCUT2D eigenvalue weighted by atomic mass is 9.91. The van der Waals surface area contributed by atoms with Crippen LogP contribution in [0, 0.1) is 0 Å². The first-order chi connectivity index (χ1) is 9.72. The van der Waals surface area contributed by atoms with Crippen LogP contribution in [0.2, 0.25) is 0 Å². The average molecular weight is 274 g/mol. The second kappa shape index (κ2) is 5.83. The van der Waals surface area contributed by atoms with Crippen molar-refractivity contribution < 1.29 is 9.90 Å². The van der Waals surface area contributed by atoms with Crippen LogP contribution in [-0.4, -0.2) is 29.3 Å². The molecule has 3 N–H and O–H groups in total. The molecule has 1 amide bonds. The molecule has 0 saturated heterocycles. The molecule has 4 heteroatoms. The Morgan fingerprint density at radius 2 is 1.70 bits per heavy atom. The highest BCUT2D eigenvalue weighted by Gasteiger charge is 2.39. The number of hydrogen-bond donors (Lipinski definition) is 3. The molecule has 0 heterocycles. The molecular weight excluding hydrogens is 252 g/mol. The Morgan fingerprint density at radius 1 is 1.05 bits per heavy atom. The van der Waals surface area contributed by atoms with E-state index in [0.29, 0.717) is 18.0 Å². The second-order valence-corrected chi connectivity index (χ2v) is 6.02. The zero-order valence-corrected chi connectivity index (χ0v) is 11.6. The number of carboxylic acid groups (broad SMARTS) is 1. The largest absolute Gasteiger partial charge is 0.465 e. The highest BCUT2D eigenvalue weighted by atomic mass is 16.4. The first-order valence-electron chi connectivity index (χ1n) is 7.53. The van der Waals surface area contributed by atoms with Gasteiger partial charge in [0.15, 0.2) is 0 Å². The van der Waals surface area contributed by atoms with Crippen molar-refractivity contribution in [3.63, 3.8) is 0 Å². The van der Waals surface area contributed by atoms with E-state index in [1.165, 1.54) is 12.0 Å². The average Bonchev–Trinajstić information content (AvgIpc) is 3.21. The van der Waals surface area contributed by atoms with Crippen molar-refractivity contribution >= 4 is 6.09 Å². The fourth-order valence-corrected chi connectivity index (χ4v) is 3.33. The second-order valence-electron chi connectivity index (χ2n) is 6.02. The van der Waals surface area contributed by atoms with Crippen molar-refractivity contribution in [2.45, 2.75) is 56.1 Å². The lowest BCUT2D eigenvalue weighted by Crippen LogP contribution is -2.42. The SMILES string of the molecule is O=C(O)N[C@H]1CC[C@@H](N[C@H]2C[C@@H]2c2ccccc2)CC1. The molecule has 0 radical (unpaired) electrons. The third kappa shape index (κ3) is 3.31. The van der Waals surface area contributed by atoms with Crippen LogP contribution in [0.25, 0.3) is 0 Å². The maximum absolute atomic E-state index is 10.6. The van der Waals surface area contributed by atoms with Crippen LogP contribution in [0.15, 0.2) is 30.3 Å². The molecule has 3 rings (SSSR count). The van der Waals surface area contributed by atoms with E-state index in [-0.39, 0.29) is 6.04 Å². The number of nitrogens with one attached hydrogen (secondary N) is 2. The Bertz CT molecular complexity index is 455. The van der Waals surface area contributed by atoms with E-state index in [4.69, 9.17) is 5.11 Å². The van der Waals surface area contributed by atoms with Gasteiger partial charge in [0.25, 0.3) is 0 Å². The highest BCUT2D eigenvalue weighted by molar-refractivity contribution is 5.64. The van der Waals surface area contributed by atoms with Crippen molar-refractivity contribution in [2.24, 2.45) is 0 Å². The summed E-state index contributed by atoms with van der Waals surface area (Å²) in [7, 11) is 0. The number of hydrogen-bond acceptors (Lipinski definition) is 2. The van der Waals surface area contributed by atoms with Crippen LogP contribution in [0.4, 0.5) is 4.79 Å². The quantitative estimate of drug-likeness (QED) is 0.791. The van der Waals surface area contributed by atoms with Gasteiger partial charge in [-0.15, -0.1) is 0 Å². The summed E-state index contributed by atoms with van der Waals surface area (Å²) in [4.78, 5) is 10.6. The minimum atomic E-state index is -0.896. The van der Waals surface area contributed by atoms with E-state index >= 15 is 0 Å². The molecule has 2 fully saturated rings. The van der Waals surface area contributed by atoms with Gasteiger partial charge in [0.2, 0.25) is 0 Å². The van der Waals surface area contributed by atoms with Gasteiger partial charge in [0, 0.05) is 24.0 Å².